The largest absolute Gasteiger partial charge is 0.384 e. The van der Waals surface area contributed by atoms with Crippen LogP contribution in [-0.2, 0) is 17.7 Å². The van der Waals surface area contributed by atoms with E-state index >= 15 is 0 Å². The third kappa shape index (κ3) is 6.70. The summed E-state index contributed by atoms with van der Waals surface area (Å²) in [5, 5.41) is 2.51. The molecule has 0 N–H and O–H groups in total. The summed E-state index contributed by atoms with van der Waals surface area (Å²) in [4.78, 5) is 6.03. The van der Waals surface area contributed by atoms with Crippen LogP contribution in [0.3, 0.4) is 0 Å². The second kappa shape index (κ2) is 11.4. The number of rotatable bonds is 11. The summed E-state index contributed by atoms with van der Waals surface area (Å²) >= 11 is 14.1. The Kier molecular flexibility index (Phi) is 9.51. The average Bonchev–Trinajstić information content (AvgIpc) is 2.93. The molecule has 2 rings (SSSR count). The Balaban J connectivity index is 2.38. The molecule has 27 heavy (non-hydrogen) atoms. The smallest absolute Gasteiger partial charge is 0.112 e. The van der Waals surface area contributed by atoms with Crippen LogP contribution in [-0.4, -0.2) is 23.3 Å². The molecular weight excluding hydrogens is 399 g/mol. The van der Waals surface area contributed by atoms with E-state index in [1.807, 2.05) is 12.1 Å². The molecule has 0 fully saturated rings. The highest BCUT2D eigenvalue weighted by molar-refractivity contribution is 7.99. The minimum atomic E-state index is 0.348. The standard InChI is InChI=1S/C21H30Cl2N2OS/c1-5-6-7-8-10-25-19(9-11-26-4)24-20(15(2)3)21(25)27-18-13-16(22)12-17(23)14-18/h12-15H,5-11H2,1-4H3. The van der Waals surface area contributed by atoms with Gasteiger partial charge < -0.3 is 9.30 Å². The van der Waals surface area contributed by atoms with Gasteiger partial charge in [-0.2, -0.15) is 0 Å². The molecule has 0 aliphatic carbocycles. The van der Waals surface area contributed by atoms with Gasteiger partial charge in [0.1, 0.15) is 10.9 Å². The molecular formula is C21H30Cl2N2OS. The average molecular weight is 429 g/mol. The minimum Gasteiger partial charge on any atom is -0.384 e. The van der Waals surface area contributed by atoms with Gasteiger partial charge in [-0.3, -0.25) is 0 Å². The van der Waals surface area contributed by atoms with Crippen LogP contribution in [0.1, 0.15) is 63.9 Å². The first kappa shape index (κ1) is 22.6. The Labute approximate surface area is 177 Å². The van der Waals surface area contributed by atoms with Crippen LogP contribution in [0, 0.1) is 0 Å². The summed E-state index contributed by atoms with van der Waals surface area (Å²) in [5.41, 5.74) is 1.14. The van der Waals surface area contributed by atoms with Gasteiger partial charge >= 0.3 is 0 Å². The van der Waals surface area contributed by atoms with Gasteiger partial charge in [0.05, 0.1) is 12.3 Å². The molecule has 2 aromatic rings. The molecule has 0 saturated heterocycles. The van der Waals surface area contributed by atoms with Crippen molar-refractivity contribution in [3.8, 4) is 0 Å². The number of ether oxygens (including phenoxy) is 1. The summed E-state index contributed by atoms with van der Waals surface area (Å²) in [6.45, 7) is 8.28. The zero-order valence-electron chi connectivity index (χ0n) is 16.7. The van der Waals surface area contributed by atoms with E-state index in [4.69, 9.17) is 32.9 Å². The molecule has 0 aliphatic rings. The Hall–Kier alpha value is -0.680. The second-order valence-electron chi connectivity index (χ2n) is 7.04. The number of halogens is 2. The molecule has 1 aromatic carbocycles. The van der Waals surface area contributed by atoms with Gasteiger partial charge in [0, 0.05) is 35.0 Å². The number of aromatic nitrogens is 2. The zero-order valence-corrected chi connectivity index (χ0v) is 19.1. The van der Waals surface area contributed by atoms with Crippen LogP contribution in [0.15, 0.2) is 28.1 Å². The fourth-order valence-corrected chi connectivity index (χ4v) is 4.94. The van der Waals surface area contributed by atoms with Gasteiger partial charge in [-0.1, -0.05) is 75.0 Å². The minimum absolute atomic E-state index is 0.348. The SMILES string of the molecule is CCCCCCn1c(CCOC)nc(C(C)C)c1Sc1cc(Cl)cc(Cl)c1. The van der Waals surface area contributed by atoms with Crippen LogP contribution in [0.25, 0.3) is 0 Å². The number of hydrogen-bond acceptors (Lipinski definition) is 3. The Morgan fingerprint density at radius 3 is 2.41 bits per heavy atom. The third-order valence-electron chi connectivity index (χ3n) is 4.39. The van der Waals surface area contributed by atoms with E-state index in [1.165, 1.54) is 24.3 Å². The second-order valence-corrected chi connectivity index (χ2v) is 8.97. The summed E-state index contributed by atoms with van der Waals surface area (Å²) in [6.07, 6.45) is 5.72. The van der Waals surface area contributed by atoms with E-state index in [2.05, 4.69) is 25.3 Å². The summed E-state index contributed by atoms with van der Waals surface area (Å²) in [6, 6.07) is 5.69. The van der Waals surface area contributed by atoms with Crippen LogP contribution in [0.4, 0.5) is 0 Å². The van der Waals surface area contributed by atoms with E-state index in [-0.39, 0.29) is 0 Å². The molecule has 3 nitrogen and oxygen atoms in total. The summed E-state index contributed by atoms with van der Waals surface area (Å²) < 4.78 is 7.69. The summed E-state index contributed by atoms with van der Waals surface area (Å²) in [7, 11) is 1.74. The first-order chi connectivity index (χ1) is 13.0. The summed E-state index contributed by atoms with van der Waals surface area (Å²) in [5.74, 6) is 1.45. The van der Waals surface area contributed by atoms with Crippen molar-refractivity contribution in [3.63, 3.8) is 0 Å². The van der Waals surface area contributed by atoms with Crippen LogP contribution >= 0.6 is 35.0 Å². The van der Waals surface area contributed by atoms with Crippen molar-refractivity contribution in [1.29, 1.82) is 0 Å². The third-order valence-corrected chi connectivity index (χ3v) is 5.92. The van der Waals surface area contributed by atoms with Crippen molar-refractivity contribution >= 4 is 35.0 Å². The van der Waals surface area contributed by atoms with Crippen molar-refractivity contribution in [3.05, 3.63) is 39.8 Å². The van der Waals surface area contributed by atoms with Gasteiger partial charge in [0.25, 0.3) is 0 Å². The van der Waals surface area contributed by atoms with Gasteiger partial charge in [0.2, 0.25) is 0 Å². The lowest BCUT2D eigenvalue weighted by atomic mass is 10.1. The molecule has 6 heteroatoms. The van der Waals surface area contributed by atoms with Gasteiger partial charge in [-0.15, -0.1) is 0 Å². The quantitative estimate of drug-likeness (QED) is 0.353. The first-order valence-corrected chi connectivity index (χ1v) is 11.3. The monoisotopic (exact) mass is 428 g/mol. The normalized spacial score (nSPS) is 11.5. The van der Waals surface area contributed by atoms with Crippen molar-refractivity contribution < 1.29 is 4.74 Å². The number of unbranched alkanes of at least 4 members (excludes halogenated alkanes) is 3. The molecule has 0 spiro atoms. The molecule has 0 unspecified atom stereocenters. The zero-order chi connectivity index (χ0) is 19.8. The highest BCUT2D eigenvalue weighted by atomic mass is 35.5. The molecule has 0 radical (unpaired) electrons. The number of methoxy groups -OCH3 is 1. The molecule has 1 aromatic heterocycles. The van der Waals surface area contributed by atoms with Crippen molar-refractivity contribution in [2.45, 2.75) is 75.3 Å². The van der Waals surface area contributed by atoms with E-state index < -0.39 is 0 Å². The lowest BCUT2D eigenvalue weighted by molar-refractivity contribution is 0.199. The fraction of sp³-hybridized carbons (Fsp3) is 0.571. The maximum absolute atomic E-state index is 6.21. The molecule has 0 saturated carbocycles. The van der Waals surface area contributed by atoms with E-state index in [0.717, 1.165) is 35.8 Å². The van der Waals surface area contributed by atoms with Crippen LogP contribution < -0.4 is 0 Å². The van der Waals surface area contributed by atoms with Crippen molar-refractivity contribution in [1.82, 2.24) is 9.55 Å². The number of imidazole rings is 1. The van der Waals surface area contributed by atoms with Gasteiger partial charge in [-0.25, -0.2) is 4.98 Å². The predicted octanol–water partition coefficient (Wildman–Crippen LogP) is 7.23. The topological polar surface area (TPSA) is 27.1 Å². The molecule has 0 aliphatic heterocycles. The maximum atomic E-state index is 6.21. The van der Waals surface area contributed by atoms with Crippen molar-refractivity contribution in [2.24, 2.45) is 0 Å². The van der Waals surface area contributed by atoms with Crippen molar-refractivity contribution in [2.75, 3.05) is 13.7 Å². The Morgan fingerprint density at radius 1 is 1.11 bits per heavy atom. The number of hydrogen-bond donors (Lipinski definition) is 0. The lowest BCUT2D eigenvalue weighted by Crippen LogP contribution is -2.08. The highest BCUT2D eigenvalue weighted by Gasteiger charge is 2.20. The van der Waals surface area contributed by atoms with E-state index in [0.29, 0.717) is 22.6 Å². The Bertz CT molecular complexity index is 711. The first-order valence-electron chi connectivity index (χ1n) is 9.68. The number of benzene rings is 1. The molecule has 0 bridgehead atoms. The van der Waals surface area contributed by atoms with Crippen LogP contribution in [0.2, 0.25) is 10.0 Å². The molecule has 150 valence electrons. The fourth-order valence-electron chi connectivity index (χ4n) is 3.00. The molecule has 0 atom stereocenters. The number of nitrogens with zero attached hydrogens (tertiary/aromatic N) is 2. The Morgan fingerprint density at radius 2 is 1.81 bits per heavy atom. The van der Waals surface area contributed by atoms with E-state index in [1.54, 1.807) is 24.9 Å². The maximum Gasteiger partial charge on any atom is 0.112 e. The van der Waals surface area contributed by atoms with Gasteiger partial charge in [0.15, 0.2) is 0 Å². The molecule has 0 amide bonds. The van der Waals surface area contributed by atoms with E-state index in [9.17, 15) is 0 Å². The van der Waals surface area contributed by atoms with Gasteiger partial charge in [-0.05, 0) is 30.5 Å². The highest BCUT2D eigenvalue weighted by Crippen LogP contribution is 2.37. The lowest BCUT2D eigenvalue weighted by Gasteiger charge is -2.14. The molecule has 1 heterocycles. The predicted molar refractivity (Wildman–Crippen MR) is 117 cm³/mol. The van der Waals surface area contributed by atoms with Crippen LogP contribution in [0.5, 0.6) is 0 Å².